The summed E-state index contributed by atoms with van der Waals surface area (Å²) in [6.45, 7) is 4.22. The van der Waals surface area contributed by atoms with Crippen molar-refractivity contribution < 1.29 is 4.79 Å². The van der Waals surface area contributed by atoms with Crippen LogP contribution in [0.1, 0.15) is 31.9 Å². The largest absolute Gasteiger partial charge is 0.322 e. The third-order valence-electron chi connectivity index (χ3n) is 3.68. The van der Waals surface area contributed by atoms with Crippen LogP contribution in [0, 0.1) is 0 Å². The highest BCUT2D eigenvalue weighted by molar-refractivity contribution is 7.98. The first kappa shape index (κ1) is 14.4. The van der Waals surface area contributed by atoms with Gasteiger partial charge in [-0.2, -0.15) is 11.8 Å². The summed E-state index contributed by atoms with van der Waals surface area (Å²) in [6.07, 6.45) is 3.20. The molecule has 1 amide bonds. The van der Waals surface area contributed by atoms with Gasteiger partial charge in [-0.3, -0.25) is 10.1 Å². The SMILES string of the molecule is CCC(CSC)N1C(=O)C(c2ccccc2)NC1C. The second-order valence-corrected chi connectivity index (χ2v) is 5.86. The van der Waals surface area contributed by atoms with Crippen LogP contribution in [0.2, 0.25) is 0 Å². The zero-order chi connectivity index (χ0) is 13.8. The molecule has 0 radical (unpaired) electrons. The monoisotopic (exact) mass is 278 g/mol. The minimum atomic E-state index is -0.188. The lowest BCUT2D eigenvalue weighted by Gasteiger charge is -2.29. The summed E-state index contributed by atoms with van der Waals surface area (Å²) >= 11 is 1.80. The maximum absolute atomic E-state index is 12.6. The van der Waals surface area contributed by atoms with Gasteiger partial charge in [0.05, 0.1) is 6.17 Å². The standard InChI is InChI=1S/C15H22N2OS/c1-4-13(10-19-3)17-11(2)16-14(15(17)18)12-8-6-5-7-9-12/h5-9,11,13-14,16H,4,10H2,1-3H3. The Bertz CT molecular complexity index is 423. The third kappa shape index (κ3) is 2.95. The summed E-state index contributed by atoms with van der Waals surface area (Å²) < 4.78 is 0. The number of thioether (sulfide) groups is 1. The van der Waals surface area contributed by atoms with E-state index in [9.17, 15) is 4.79 Å². The molecule has 1 N–H and O–H groups in total. The van der Waals surface area contributed by atoms with E-state index >= 15 is 0 Å². The molecular weight excluding hydrogens is 256 g/mol. The van der Waals surface area contributed by atoms with Crippen molar-refractivity contribution in [3.63, 3.8) is 0 Å². The van der Waals surface area contributed by atoms with Gasteiger partial charge in [0.1, 0.15) is 6.04 Å². The van der Waals surface area contributed by atoms with Gasteiger partial charge >= 0.3 is 0 Å². The number of benzene rings is 1. The van der Waals surface area contributed by atoms with E-state index in [1.165, 1.54) is 0 Å². The summed E-state index contributed by atoms with van der Waals surface area (Å²) in [6, 6.07) is 10.1. The first-order valence-electron chi connectivity index (χ1n) is 6.81. The molecule has 104 valence electrons. The molecule has 0 aromatic heterocycles. The Hall–Kier alpha value is -1.00. The molecule has 1 heterocycles. The van der Waals surface area contributed by atoms with E-state index in [4.69, 9.17) is 0 Å². The molecule has 1 saturated heterocycles. The van der Waals surface area contributed by atoms with Gasteiger partial charge in [0.15, 0.2) is 0 Å². The van der Waals surface area contributed by atoms with Crippen LogP contribution in [0.5, 0.6) is 0 Å². The number of carbonyl (C=O) groups is 1. The summed E-state index contributed by atoms with van der Waals surface area (Å²) in [7, 11) is 0. The maximum Gasteiger partial charge on any atom is 0.245 e. The highest BCUT2D eigenvalue weighted by Gasteiger charge is 2.40. The average Bonchev–Trinajstić information content (AvgIpc) is 2.73. The smallest absolute Gasteiger partial charge is 0.245 e. The summed E-state index contributed by atoms with van der Waals surface area (Å²) in [4.78, 5) is 14.7. The molecule has 1 aliphatic heterocycles. The minimum Gasteiger partial charge on any atom is -0.322 e. The number of nitrogens with one attached hydrogen (secondary N) is 1. The van der Waals surface area contributed by atoms with Gasteiger partial charge in [0, 0.05) is 11.8 Å². The number of rotatable bonds is 5. The summed E-state index contributed by atoms with van der Waals surface area (Å²) in [5.74, 6) is 1.20. The van der Waals surface area contributed by atoms with Crippen molar-refractivity contribution >= 4 is 17.7 Å². The fourth-order valence-corrected chi connectivity index (χ4v) is 3.48. The lowest BCUT2D eigenvalue weighted by molar-refractivity contribution is -0.131. The Morgan fingerprint density at radius 3 is 2.63 bits per heavy atom. The molecule has 0 saturated carbocycles. The molecule has 1 aromatic rings. The zero-order valence-electron chi connectivity index (χ0n) is 11.8. The Balaban J connectivity index is 2.18. The highest BCUT2D eigenvalue weighted by atomic mass is 32.2. The Morgan fingerprint density at radius 1 is 1.37 bits per heavy atom. The van der Waals surface area contributed by atoms with Crippen LogP contribution in [-0.2, 0) is 4.79 Å². The minimum absolute atomic E-state index is 0.106. The number of carbonyl (C=O) groups excluding carboxylic acids is 1. The highest BCUT2D eigenvalue weighted by Crippen LogP contribution is 2.27. The van der Waals surface area contributed by atoms with Crippen LogP contribution in [0.15, 0.2) is 30.3 Å². The summed E-state index contributed by atoms with van der Waals surface area (Å²) in [5, 5.41) is 3.41. The Morgan fingerprint density at radius 2 is 2.05 bits per heavy atom. The Labute approximate surface area is 119 Å². The molecule has 1 aliphatic rings. The van der Waals surface area contributed by atoms with E-state index in [0.29, 0.717) is 6.04 Å². The van der Waals surface area contributed by atoms with Gasteiger partial charge in [0.2, 0.25) is 5.91 Å². The van der Waals surface area contributed by atoms with Crippen LogP contribution in [-0.4, -0.2) is 35.0 Å². The predicted molar refractivity (Wildman–Crippen MR) is 81.1 cm³/mol. The van der Waals surface area contributed by atoms with Gasteiger partial charge < -0.3 is 4.90 Å². The molecule has 19 heavy (non-hydrogen) atoms. The molecule has 0 aliphatic carbocycles. The number of hydrogen-bond acceptors (Lipinski definition) is 3. The van der Waals surface area contributed by atoms with Crippen molar-refractivity contribution in [3.05, 3.63) is 35.9 Å². The maximum atomic E-state index is 12.6. The number of hydrogen-bond donors (Lipinski definition) is 1. The lowest BCUT2D eigenvalue weighted by Crippen LogP contribution is -2.44. The average molecular weight is 278 g/mol. The topological polar surface area (TPSA) is 32.3 Å². The van der Waals surface area contributed by atoms with E-state index < -0.39 is 0 Å². The fourth-order valence-electron chi connectivity index (χ4n) is 2.70. The quantitative estimate of drug-likeness (QED) is 0.898. The third-order valence-corrected chi connectivity index (χ3v) is 4.40. The molecule has 0 bridgehead atoms. The molecule has 4 heteroatoms. The molecule has 3 nitrogen and oxygen atoms in total. The van der Waals surface area contributed by atoms with E-state index in [2.05, 4.69) is 25.4 Å². The second kappa shape index (κ2) is 6.44. The van der Waals surface area contributed by atoms with Crippen molar-refractivity contribution in [3.8, 4) is 0 Å². The molecule has 3 atom stereocenters. The molecule has 1 fully saturated rings. The van der Waals surface area contributed by atoms with Crippen LogP contribution < -0.4 is 5.32 Å². The van der Waals surface area contributed by atoms with Crippen LogP contribution in [0.3, 0.4) is 0 Å². The normalized spacial score (nSPS) is 24.8. The first-order chi connectivity index (χ1) is 9.19. The van der Waals surface area contributed by atoms with Crippen molar-refractivity contribution in [1.29, 1.82) is 0 Å². The fraction of sp³-hybridized carbons (Fsp3) is 0.533. The predicted octanol–water partition coefficient (Wildman–Crippen LogP) is 2.65. The van der Waals surface area contributed by atoms with Crippen LogP contribution in [0.25, 0.3) is 0 Å². The van der Waals surface area contributed by atoms with E-state index in [0.717, 1.165) is 17.7 Å². The molecule has 2 rings (SSSR count). The van der Waals surface area contributed by atoms with Crippen molar-refractivity contribution in [2.75, 3.05) is 12.0 Å². The van der Waals surface area contributed by atoms with Crippen molar-refractivity contribution in [2.45, 2.75) is 38.5 Å². The van der Waals surface area contributed by atoms with E-state index in [1.807, 2.05) is 35.2 Å². The number of nitrogens with zero attached hydrogens (tertiary/aromatic N) is 1. The van der Waals surface area contributed by atoms with Crippen LogP contribution in [0.4, 0.5) is 0 Å². The Kier molecular flexibility index (Phi) is 4.88. The molecule has 3 unspecified atom stereocenters. The molecule has 1 aromatic carbocycles. The van der Waals surface area contributed by atoms with E-state index in [1.54, 1.807) is 11.8 Å². The second-order valence-electron chi connectivity index (χ2n) is 4.95. The van der Waals surface area contributed by atoms with E-state index in [-0.39, 0.29) is 18.1 Å². The zero-order valence-corrected chi connectivity index (χ0v) is 12.6. The van der Waals surface area contributed by atoms with Crippen molar-refractivity contribution in [2.24, 2.45) is 0 Å². The summed E-state index contributed by atoms with van der Waals surface area (Å²) in [5.41, 5.74) is 1.06. The first-order valence-corrected chi connectivity index (χ1v) is 8.20. The lowest BCUT2D eigenvalue weighted by atomic mass is 10.1. The van der Waals surface area contributed by atoms with Gasteiger partial charge in [-0.15, -0.1) is 0 Å². The van der Waals surface area contributed by atoms with Gasteiger partial charge in [0.25, 0.3) is 0 Å². The molecule has 0 spiro atoms. The van der Waals surface area contributed by atoms with Gasteiger partial charge in [-0.05, 0) is 25.2 Å². The van der Waals surface area contributed by atoms with Gasteiger partial charge in [-0.25, -0.2) is 0 Å². The van der Waals surface area contributed by atoms with Crippen LogP contribution >= 0.6 is 11.8 Å². The number of amides is 1. The van der Waals surface area contributed by atoms with Crippen molar-refractivity contribution in [1.82, 2.24) is 10.2 Å². The molecular formula is C15H22N2OS. The van der Waals surface area contributed by atoms with Gasteiger partial charge in [-0.1, -0.05) is 37.3 Å².